The molecule has 0 bridgehead atoms. The normalized spacial score (nSPS) is 13.4. The minimum absolute atomic E-state index is 0.0439. The molecule has 2 aromatic rings. The molecule has 0 unspecified atom stereocenters. The summed E-state index contributed by atoms with van der Waals surface area (Å²) < 4.78 is 3.59. The van der Waals surface area contributed by atoms with Crippen LogP contribution in [0.3, 0.4) is 0 Å². The van der Waals surface area contributed by atoms with E-state index in [1.54, 1.807) is 4.90 Å². The van der Waals surface area contributed by atoms with Gasteiger partial charge in [-0.15, -0.1) is 5.10 Å². The molecule has 1 amide bonds. The first-order valence-electron chi connectivity index (χ1n) is 12.0. The Hall–Kier alpha value is -3.39. The van der Waals surface area contributed by atoms with Crippen molar-refractivity contribution in [3.8, 4) is 17.1 Å². The zero-order valence-corrected chi connectivity index (χ0v) is 20.9. The van der Waals surface area contributed by atoms with Crippen molar-refractivity contribution in [2.45, 2.75) is 50.9 Å². The lowest BCUT2D eigenvalue weighted by atomic mass is 10.1. The molecule has 0 saturated heterocycles. The molecule has 8 heteroatoms. The number of amides is 1. The number of benzene rings is 2. The number of hydrogen-bond donors (Lipinski definition) is 0. The summed E-state index contributed by atoms with van der Waals surface area (Å²) in [5, 5.41) is 5.34. The summed E-state index contributed by atoms with van der Waals surface area (Å²) in [6.07, 6.45) is 3.97. The zero-order chi connectivity index (χ0) is 24.4. The maximum absolute atomic E-state index is 13.4. The first kappa shape index (κ1) is 23.4. The molecular formula is C27H29N5O2S. The number of nitrogens with zero attached hydrogens (tertiary/aromatic N) is 5. The highest BCUT2D eigenvalue weighted by Crippen LogP contribution is 2.30. The molecule has 0 N–H and O–H groups in total. The van der Waals surface area contributed by atoms with Crippen LogP contribution in [0.4, 0.5) is 0 Å². The van der Waals surface area contributed by atoms with Crippen LogP contribution in [0.5, 0.6) is 0 Å². The molecule has 0 aliphatic carbocycles. The van der Waals surface area contributed by atoms with Gasteiger partial charge in [-0.3, -0.25) is 9.59 Å². The van der Waals surface area contributed by atoms with E-state index in [9.17, 15) is 9.59 Å². The highest BCUT2D eigenvalue weighted by atomic mass is 32.2. The van der Waals surface area contributed by atoms with E-state index in [0.29, 0.717) is 17.9 Å². The Morgan fingerprint density at radius 3 is 2.63 bits per heavy atom. The van der Waals surface area contributed by atoms with Crippen molar-refractivity contribution in [3.05, 3.63) is 81.8 Å². The Morgan fingerprint density at radius 2 is 1.83 bits per heavy atom. The maximum atomic E-state index is 13.4. The molecule has 35 heavy (non-hydrogen) atoms. The van der Waals surface area contributed by atoms with Crippen LogP contribution in [-0.2, 0) is 24.3 Å². The van der Waals surface area contributed by atoms with Crippen LogP contribution in [0.1, 0.15) is 36.1 Å². The average molecular weight is 488 g/mol. The Labute approximate surface area is 209 Å². The van der Waals surface area contributed by atoms with Gasteiger partial charge in [0.1, 0.15) is 5.56 Å². The fourth-order valence-electron chi connectivity index (χ4n) is 4.58. The number of carbonyl (C=O) groups is 1. The molecule has 0 saturated carbocycles. The second-order valence-electron chi connectivity index (χ2n) is 9.02. The van der Waals surface area contributed by atoms with E-state index in [0.717, 1.165) is 54.3 Å². The van der Waals surface area contributed by atoms with Crippen molar-refractivity contribution in [2.24, 2.45) is 0 Å². The summed E-state index contributed by atoms with van der Waals surface area (Å²) in [4.78, 5) is 32.9. The van der Waals surface area contributed by atoms with Crippen LogP contribution in [0.25, 0.3) is 17.1 Å². The second kappa shape index (κ2) is 10.1. The molecule has 0 spiro atoms. The maximum Gasteiger partial charge on any atom is 0.284 e. The topological polar surface area (TPSA) is 73.0 Å². The first-order valence-corrected chi connectivity index (χ1v) is 13.0. The summed E-state index contributed by atoms with van der Waals surface area (Å²) >= 11 is 1.43. The minimum Gasteiger partial charge on any atom is -0.341 e. The molecule has 0 fully saturated rings. The molecule has 5 rings (SSSR count). The fraction of sp³-hybridized carbons (Fsp3) is 0.333. The minimum atomic E-state index is -0.130. The van der Waals surface area contributed by atoms with E-state index in [4.69, 9.17) is 4.98 Å². The van der Waals surface area contributed by atoms with Gasteiger partial charge in [-0.2, -0.15) is 4.68 Å². The zero-order valence-electron chi connectivity index (χ0n) is 20.1. The third-order valence-electron chi connectivity index (χ3n) is 6.59. The first-order chi connectivity index (χ1) is 17.0. The van der Waals surface area contributed by atoms with Gasteiger partial charge in [0, 0.05) is 25.8 Å². The standard InChI is InChI=1S/C27H29N5O2S/c1-19-11-8-9-12-20(19)17-30(2)23(33)18-35-27-28-25-24(22-15-7-4-10-16-31(22)27)26(34)32(29-25)21-13-5-3-6-14-21/h3,5-6,8-9,11-14H,4,7,10,15-18H2,1-2H3. The van der Waals surface area contributed by atoms with Crippen molar-refractivity contribution in [1.82, 2.24) is 24.2 Å². The predicted octanol–water partition coefficient (Wildman–Crippen LogP) is 4.32. The van der Waals surface area contributed by atoms with Crippen molar-refractivity contribution in [3.63, 3.8) is 0 Å². The van der Waals surface area contributed by atoms with E-state index in [2.05, 4.69) is 28.7 Å². The van der Waals surface area contributed by atoms with Crippen LogP contribution < -0.4 is 5.56 Å². The predicted molar refractivity (Wildman–Crippen MR) is 138 cm³/mol. The Kier molecular flexibility index (Phi) is 6.72. The highest BCUT2D eigenvalue weighted by Gasteiger charge is 2.27. The van der Waals surface area contributed by atoms with Gasteiger partial charge < -0.3 is 9.47 Å². The Bertz CT molecular complexity index is 1380. The summed E-state index contributed by atoms with van der Waals surface area (Å²) in [6.45, 7) is 3.43. The monoisotopic (exact) mass is 487 g/mol. The van der Waals surface area contributed by atoms with Crippen LogP contribution in [0.15, 0.2) is 64.5 Å². The molecule has 180 valence electrons. The molecular weight excluding hydrogens is 458 g/mol. The van der Waals surface area contributed by atoms with E-state index in [1.165, 1.54) is 22.0 Å². The van der Waals surface area contributed by atoms with Gasteiger partial charge in [0.2, 0.25) is 5.91 Å². The summed E-state index contributed by atoms with van der Waals surface area (Å²) in [7, 11) is 1.84. The van der Waals surface area contributed by atoms with E-state index in [-0.39, 0.29) is 17.2 Å². The number of rotatable bonds is 6. The molecule has 7 nitrogen and oxygen atoms in total. The van der Waals surface area contributed by atoms with Gasteiger partial charge in [0.25, 0.3) is 5.56 Å². The number of carbonyl (C=O) groups excluding carboxylic acids is 1. The van der Waals surface area contributed by atoms with Gasteiger partial charge in [-0.1, -0.05) is 60.6 Å². The number of para-hydroxylation sites is 1. The number of aromatic nitrogens is 4. The lowest BCUT2D eigenvalue weighted by Gasteiger charge is -2.20. The summed E-state index contributed by atoms with van der Waals surface area (Å²) in [6, 6.07) is 17.6. The number of thioether (sulfide) groups is 1. The Morgan fingerprint density at radius 1 is 1.06 bits per heavy atom. The number of fused-ring (bicyclic) bond motifs is 3. The van der Waals surface area contributed by atoms with Gasteiger partial charge in [0.05, 0.1) is 11.4 Å². The molecule has 2 aromatic carbocycles. The van der Waals surface area contributed by atoms with E-state index in [1.807, 2.05) is 49.5 Å². The molecule has 0 atom stereocenters. The van der Waals surface area contributed by atoms with Crippen LogP contribution in [-0.4, -0.2) is 42.9 Å². The highest BCUT2D eigenvalue weighted by molar-refractivity contribution is 7.99. The third kappa shape index (κ3) is 4.75. The average Bonchev–Trinajstić information content (AvgIpc) is 3.03. The smallest absolute Gasteiger partial charge is 0.284 e. The van der Waals surface area contributed by atoms with Crippen molar-refractivity contribution in [1.29, 1.82) is 0 Å². The second-order valence-corrected chi connectivity index (χ2v) is 9.96. The van der Waals surface area contributed by atoms with E-state index < -0.39 is 0 Å². The summed E-state index contributed by atoms with van der Waals surface area (Å²) in [5.41, 5.74) is 4.51. The van der Waals surface area contributed by atoms with Crippen molar-refractivity contribution >= 4 is 17.7 Å². The largest absolute Gasteiger partial charge is 0.341 e. The van der Waals surface area contributed by atoms with Crippen LogP contribution >= 0.6 is 11.8 Å². The Balaban J connectivity index is 1.44. The summed E-state index contributed by atoms with van der Waals surface area (Å²) in [5.74, 6) is 0.780. The van der Waals surface area contributed by atoms with E-state index >= 15 is 0 Å². The van der Waals surface area contributed by atoms with Gasteiger partial charge >= 0.3 is 0 Å². The fourth-order valence-corrected chi connectivity index (χ4v) is 5.56. The number of hydrogen-bond acceptors (Lipinski definition) is 5. The van der Waals surface area contributed by atoms with Crippen molar-refractivity contribution < 1.29 is 4.79 Å². The molecule has 3 aliphatic rings. The molecule has 0 radical (unpaired) electrons. The SMILES string of the molecule is Cc1ccccc1CN(C)C(=O)CSc1nc2nn(-c3ccccc3)c(=O)c-2c2n1CCCCC2. The van der Waals surface area contributed by atoms with Crippen LogP contribution in [0, 0.1) is 6.92 Å². The number of aryl methyl sites for hydroxylation is 1. The molecule has 0 aromatic heterocycles. The third-order valence-corrected chi connectivity index (χ3v) is 7.55. The lowest BCUT2D eigenvalue weighted by Crippen LogP contribution is -2.28. The quantitative estimate of drug-likeness (QED) is 0.299. The lowest BCUT2D eigenvalue weighted by molar-refractivity contribution is -0.127. The molecule has 3 heterocycles. The van der Waals surface area contributed by atoms with Gasteiger partial charge in [-0.05, 0) is 49.4 Å². The molecule has 3 aliphatic heterocycles. The van der Waals surface area contributed by atoms with Crippen LogP contribution in [0.2, 0.25) is 0 Å². The van der Waals surface area contributed by atoms with Crippen molar-refractivity contribution in [2.75, 3.05) is 12.8 Å². The van der Waals surface area contributed by atoms with Gasteiger partial charge in [-0.25, -0.2) is 4.98 Å². The van der Waals surface area contributed by atoms with Gasteiger partial charge in [0.15, 0.2) is 11.0 Å².